The Bertz CT molecular complexity index is 1070. The zero-order valence-corrected chi connectivity index (χ0v) is 18.1. The van der Waals surface area contributed by atoms with Gasteiger partial charge in [-0.2, -0.15) is 0 Å². The maximum absolute atomic E-state index is 12.8. The van der Waals surface area contributed by atoms with Gasteiger partial charge in [-0.1, -0.05) is 37.6 Å². The number of esters is 2. The molecule has 0 aliphatic rings. The minimum Gasteiger partial charge on any atom is -0.481 e. The molecule has 2 aromatic carbocycles. The van der Waals surface area contributed by atoms with E-state index >= 15 is 0 Å². The van der Waals surface area contributed by atoms with Gasteiger partial charge in [0.25, 0.3) is 0 Å². The monoisotopic (exact) mass is 411 g/mol. The van der Waals surface area contributed by atoms with E-state index in [4.69, 9.17) is 14.2 Å². The number of aromatic nitrogens is 1. The lowest BCUT2D eigenvalue weighted by Gasteiger charge is -2.13. The van der Waals surface area contributed by atoms with Crippen molar-refractivity contribution in [2.24, 2.45) is 0 Å². The SMILES string of the molecule is CCCCn1c(C)c(C(=O)OCC)c2cc(OCC(=O)OCC)c3ccccc3c21. The number of hydrogen-bond donors (Lipinski definition) is 0. The largest absolute Gasteiger partial charge is 0.481 e. The smallest absolute Gasteiger partial charge is 0.344 e. The third-order valence-electron chi connectivity index (χ3n) is 5.15. The second kappa shape index (κ2) is 9.65. The highest BCUT2D eigenvalue weighted by atomic mass is 16.6. The molecule has 0 unspecified atom stereocenters. The van der Waals surface area contributed by atoms with Gasteiger partial charge in [-0.3, -0.25) is 0 Å². The Morgan fingerprint density at radius 1 is 0.967 bits per heavy atom. The molecule has 0 saturated heterocycles. The van der Waals surface area contributed by atoms with E-state index in [2.05, 4.69) is 11.5 Å². The van der Waals surface area contributed by atoms with Crippen molar-refractivity contribution in [2.45, 2.75) is 47.1 Å². The molecule has 3 rings (SSSR count). The van der Waals surface area contributed by atoms with E-state index in [-0.39, 0.29) is 12.6 Å². The summed E-state index contributed by atoms with van der Waals surface area (Å²) in [6.07, 6.45) is 2.05. The first kappa shape index (κ1) is 21.7. The zero-order chi connectivity index (χ0) is 21.7. The third kappa shape index (κ3) is 4.13. The van der Waals surface area contributed by atoms with Crippen LogP contribution in [0.25, 0.3) is 21.7 Å². The van der Waals surface area contributed by atoms with E-state index in [1.807, 2.05) is 37.3 Å². The van der Waals surface area contributed by atoms with Crippen molar-refractivity contribution >= 4 is 33.6 Å². The number of aryl methyl sites for hydroxylation is 1. The normalized spacial score (nSPS) is 11.1. The number of carbonyl (C=O) groups is 2. The molecule has 0 radical (unpaired) electrons. The summed E-state index contributed by atoms with van der Waals surface area (Å²) in [6, 6.07) is 9.73. The van der Waals surface area contributed by atoms with Crippen LogP contribution in [0.3, 0.4) is 0 Å². The number of rotatable bonds is 9. The van der Waals surface area contributed by atoms with Gasteiger partial charge >= 0.3 is 11.9 Å². The van der Waals surface area contributed by atoms with Crippen molar-refractivity contribution in [2.75, 3.05) is 19.8 Å². The van der Waals surface area contributed by atoms with Gasteiger partial charge < -0.3 is 18.8 Å². The third-order valence-corrected chi connectivity index (χ3v) is 5.15. The molecule has 0 bridgehead atoms. The van der Waals surface area contributed by atoms with Gasteiger partial charge in [0.15, 0.2) is 6.61 Å². The van der Waals surface area contributed by atoms with Crippen LogP contribution in [0.15, 0.2) is 30.3 Å². The highest BCUT2D eigenvalue weighted by molar-refractivity contribution is 6.16. The zero-order valence-electron chi connectivity index (χ0n) is 18.1. The number of carbonyl (C=O) groups excluding carboxylic acids is 2. The standard InChI is InChI=1S/C24H29NO5/c1-5-8-13-25-16(4)22(24(27)29-7-3)19-14-20(30-15-21(26)28-6-2)17-11-9-10-12-18(17)23(19)25/h9-12,14H,5-8,13,15H2,1-4H3. The molecule has 6 heteroatoms. The summed E-state index contributed by atoms with van der Waals surface area (Å²) in [5, 5.41) is 2.64. The highest BCUT2D eigenvalue weighted by Gasteiger charge is 2.24. The molecular formula is C24H29NO5. The van der Waals surface area contributed by atoms with Gasteiger partial charge in [-0.25, -0.2) is 9.59 Å². The summed E-state index contributed by atoms with van der Waals surface area (Å²) in [7, 11) is 0. The van der Waals surface area contributed by atoms with E-state index in [1.54, 1.807) is 13.8 Å². The summed E-state index contributed by atoms with van der Waals surface area (Å²) in [6.45, 7) is 8.88. The molecule has 30 heavy (non-hydrogen) atoms. The Kier molecular flexibility index (Phi) is 6.98. The molecule has 0 aliphatic heterocycles. The minimum absolute atomic E-state index is 0.187. The van der Waals surface area contributed by atoms with Gasteiger partial charge in [0.1, 0.15) is 5.75 Å². The van der Waals surface area contributed by atoms with E-state index in [0.29, 0.717) is 24.5 Å². The Hall–Kier alpha value is -3.02. The lowest BCUT2D eigenvalue weighted by molar-refractivity contribution is -0.145. The maximum atomic E-state index is 12.8. The number of fused-ring (bicyclic) bond motifs is 3. The van der Waals surface area contributed by atoms with Crippen LogP contribution in [0.2, 0.25) is 0 Å². The van der Waals surface area contributed by atoms with Crippen molar-refractivity contribution in [1.29, 1.82) is 0 Å². The van der Waals surface area contributed by atoms with E-state index in [1.165, 1.54) is 0 Å². The van der Waals surface area contributed by atoms with Crippen molar-refractivity contribution in [3.63, 3.8) is 0 Å². The Morgan fingerprint density at radius 3 is 2.33 bits per heavy atom. The fourth-order valence-electron chi connectivity index (χ4n) is 3.82. The van der Waals surface area contributed by atoms with Gasteiger partial charge in [0, 0.05) is 28.4 Å². The molecule has 6 nitrogen and oxygen atoms in total. The fraction of sp³-hybridized carbons (Fsp3) is 0.417. The lowest BCUT2D eigenvalue weighted by Crippen LogP contribution is -2.14. The fourth-order valence-corrected chi connectivity index (χ4v) is 3.82. The summed E-state index contributed by atoms with van der Waals surface area (Å²) >= 11 is 0. The molecule has 0 atom stereocenters. The number of nitrogens with zero attached hydrogens (tertiary/aromatic N) is 1. The quantitative estimate of drug-likeness (QED) is 0.463. The molecule has 0 spiro atoms. The Morgan fingerprint density at radius 2 is 1.67 bits per heavy atom. The van der Waals surface area contributed by atoms with Crippen molar-refractivity contribution < 1.29 is 23.8 Å². The molecule has 3 aromatic rings. The van der Waals surface area contributed by atoms with Gasteiger partial charge in [0.05, 0.1) is 24.3 Å². The van der Waals surface area contributed by atoms with Gasteiger partial charge in [-0.15, -0.1) is 0 Å². The Balaban J connectivity index is 2.25. The first-order valence-corrected chi connectivity index (χ1v) is 10.5. The molecule has 160 valence electrons. The lowest BCUT2D eigenvalue weighted by atomic mass is 10.0. The van der Waals surface area contributed by atoms with Crippen molar-refractivity contribution in [3.05, 3.63) is 41.6 Å². The molecule has 0 fully saturated rings. The number of hydrogen-bond acceptors (Lipinski definition) is 5. The molecule has 1 aromatic heterocycles. The van der Waals surface area contributed by atoms with Gasteiger partial charge in [0.2, 0.25) is 0 Å². The number of ether oxygens (including phenoxy) is 3. The number of unbranched alkanes of at least 4 members (excludes halogenated alkanes) is 1. The Labute approximate surface area is 176 Å². The van der Waals surface area contributed by atoms with Crippen LogP contribution in [0.1, 0.15) is 49.7 Å². The van der Waals surface area contributed by atoms with Crippen LogP contribution >= 0.6 is 0 Å². The summed E-state index contributed by atoms with van der Waals surface area (Å²) in [5.41, 5.74) is 2.42. The van der Waals surface area contributed by atoms with E-state index < -0.39 is 5.97 Å². The van der Waals surface area contributed by atoms with Crippen molar-refractivity contribution in [1.82, 2.24) is 4.57 Å². The molecule has 0 amide bonds. The summed E-state index contributed by atoms with van der Waals surface area (Å²) in [4.78, 5) is 24.6. The minimum atomic E-state index is -0.427. The van der Waals surface area contributed by atoms with Crippen LogP contribution in [0, 0.1) is 6.92 Å². The molecular weight excluding hydrogens is 382 g/mol. The van der Waals surface area contributed by atoms with Crippen LogP contribution in [0.4, 0.5) is 0 Å². The highest BCUT2D eigenvalue weighted by Crippen LogP contribution is 2.38. The average Bonchev–Trinajstić information content (AvgIpc) is 3.02. The second-order valence-electron chi connectivity index (χ2n) is 7.10. The first-order chi connectivity index (χ1) is 14.5. The van der Waals surface area contributed by atoms with E-state index in [0.717, 1.165) is 46.8 Å². The molecule has 0 saturated carbocycles. The van der Waals surface area contributed by atoms with Crippen molar-refractivity contribution in [3.8, 4) is 5.75 Å². The predicted molar refractivity (Wildman–Crippen MR) is 117 cm³/mol. The molecule has 0 N–H and O–H groups in total. The maximum Gasteiger partial charge on any atom is 0.344 e. The van der Waals surface area contributed by atoms with Crippen LogP contribution in [0.5, 0.6) is 5.75 Å². The van der Waals surface area contributed by atoms with Crippen LogP contribution in [-0.4, -0.2) is 36.3 Å². The average molecular weight is 411 g/mol. The van der Waals surface area contributed by atoms with Gasteiger partial charge in [-0.05, 0) is 33.3 Å². The summed E-state index contributed by atoms with van der Waals surface area (Å²) in [5.74, 6) is -0.227. The van der Waals surface area contributed by atoms with Crippen LogP contribution in [-0.2, 0) is 20.8 Å². The predicted octanol–water partition coefficient (Wildman–Crippen LogP) is 5.02. The molecule has 1 heterocycles. The topological polar surface area (TPSA) is 66.8 Å². The van der Waals surface area contributed by atoms with Crippen LogP contribution < -0.4 is 4.74 Å². The molecule has 0 aliphatic carbocycles. The summed E-state index contributed by atoms with van der Waals surface area (Å²) < 4.78 is 18.4. The second-order valence-corrected chi connectivity index (χ2v) is 7.10. The number of benzene rings is 2. The first-order valence-electron chi connectivity index (χ1n) is 10.5. The van der Waals surface area contributed by atoms with E-state index in [9.17, 15) is 9.59 Å².